The first-order valence-electron chi connectivity index (χ1n) is 9.25. The Bertz CT molecular complexity index is 758. The van der Waals surface area contributed by atoms with Gasteiger partial charge < -0.3 is 0 Å². The lowest BCUT2D eigenvalue weighted by atomic mass is 9.61. The number of aryl methyl sites for hydroxylation is 1. The first-order valence-corrected chi connectivity index (χ1v) is 10.7. The highest BCUT2D eigenvalue weighted by Gasteiger charge is 2.51. The van der Waals surface area contributed by atoms with Gasteiger partial charge in [0.2, 0.25) is 5.91 Å². The van der Waals surface area contributed by atoms with Gasteiger partial charge in [-0.05, 0) is 81.8 Å². The van der Waals surface area contributed by atoms with Crippen molar-refractivity contribution in [1.29, 1.82) is 0 Å². The van der Waals surface area contributed by atoms with E-state index in [1.807, 2.05) is 6.92 Å². The molecule has 4 bridgehead atoms. The Hall–Kier alpha value is -1.40. The number of fused-ring (bicyclic) bond motifs is 1. The third-order valence-corrected chi connectivity index (χ3v) is 7.77. The number of carbonyl (C=O) groups is 1. The maximum absolute atomic E-state index is 12.9. The molecule has 4 fully saturated rings. The van der Waals surface area contributed by atoms with E-state index in [1.165, 1.54) is 19.3 Å². The summed E-state index contributed by atoms with van der Waals surface area (Å²) in [5.41, 5.74) is 3.15. The third-order valence-electron chi connectivity index (χ3n) is 6.50. The van der Waals surface area contributed by atoms with Crippen LogP contribution in [0.2, 0.25) is 0 Å². The van der Waals surface area contributed by atoms with E-state index in [9.17, 15) is 13.2 Å². The fourth-order valence-electron chi connectivity index (χ4n) is 5.47. The molecule has 2 N–H and O–H groups in total. The number of carbonyl (C=O) groups excluding carboxylic acids is 1. The second-order valence-corrected chi connectivity index (χ2v) is 10.1. The van der Waals surface area contributed by atoms with Gasteiger partial charge in [-0.3, -0.25) is 10.2 Å². The zero-order valence-corrected chi connectivity index (χ0v) is 15.4. The Morgan fingerprint density at radius 2 is 1.64 bits per heavy atom. The molecule has 0 saturated heterocycles. The van der Waals surface area contributed by atoms with E-state index in [0.29, 0.717) is 11.8 Å². The lowest BCUT2D eigenvalue weighted by Crippen LogP contribution is -2.51. The molecule has 1 aromatic carbocycles. The number of hydrogen-bond acceptors (Lipinski definition) is 3. The first-order chi connectivity index (χ1) is 11.9. The molecular weight excluding hydrogens is 336 g/mol. The number of hydrogen-bond donors (Lipinski definition) is 2. The summed E-state index contributed by atoms with van der Waals surface area (Å²) in [5.74, 6) is 1.91. The van der Waals surface area contributed by atoms with Crippen molar-refractivity contribution in [3.8, 4) is 0 Å². The van der Waals surface area contributed by atoms with E-state index in [0.717, 1.165) is 37.2 Å². The molecule has 5 rings (SSSR count). The van der Waals surface area contributed by atoms with E-state index in [1.54, 1.807) is 24.3 Å². The van der Waals surface area contributed by atoms with Gasteiger partial charge in [0.25, 0.3) is 10.0 Å². The van der Waals surface area contributed by atoms with Crippen LogP contribution in [-0.4, -0.2) is 14.3 Å². The largest absolute Gasteiger partial charge is 0.277 e. The zero-order valence-electron chi connectivity index (χ0n) is 14.6. The Morgan fingerprint density at radius 1 is 1.04 bits per heavy atom. The van der Waals surface area contributed by atoms with Gasteiger partial charge in [-0.25, -0.2) is 8.42 Å². The van der Waals surface area contributed by atoms with Crippen LogP contribution in [0.1, 0.15) is 50.5 Å². The molecule has 4 aliphatic carbocycles. The summed E-state index contributed by atoms with van der Waals surface area (Å²) in [4.78, 5) is 15.4. The van der Waals surface area contributed by atoms with Crippen LogP contribution in [0.3, 0.4) is 0 Å². The topological polar surface area (TPSA) is 75.3 Å². The van der Waals surface area contributed by atoms with Crippen molar-refractivity contribution < 1.29 is 13.2 Å². The van der Waals surface area contributed by atoms with E-state index in [2.05, 4.69) is 10.3 Å². The van der Waals surface area contributed by atoms with Gasteiger partial charge in [-0.2, -0.15) is 0 Å². The van der Waals surface area contributed by atoms with Gasteiger partial charge in [0, 0.05) is 0 Å². The molecule has 0 aromatic heterocycles. The SMILES string of the molecule is Cc1ccc(S(=O)(=O)NNC(=O)C23CCC4CC(CC(C4)C2)C3)cc1. The molecule has 6 heteroatoms. The van der Waals surface area contributed by atoms with Crippen molar-refractivity contribution in [3.63, 3.8) is 0 Å². The van der Waals surface area contributed by atoms with Crippen LogP contribution in [0.5, 0.6) is 0 Å². The lowest BCUT2D eigenvalue weighted by Gasteiger charge is -2.44. The van der Waals surface area contributed by atoms with Gasteiger partial charge in [-0.15, -0.1) is 4.83 Å². The second kappa shape index (κ2) is 6.09. The van der Waals surface area contributed by atoms with Crippen molar-refractivity contribution in [1.82, 2.24) is 10.3 Å². The minimum atomic E-state index is -3.74. The van der Waals surface area contributed by atoms with Crippen LogP contribution in [0.25, 0.3) is 0 Å². The summed E-state index contributed by atoms with van der Waals surface area (Å²) in [7, 11) is -3.74. The molecule has 4 aliphatic rings. The molecule has 2 atom stereocenters. The average molecular weight is 362 g/mol. The fourth-order valence-corrected chi connectivity index (χ4v) is 6.31. The van der Waals surface area contributed by atoms with Crippen molar-refractivity contribution in [2.45, 2.75) is 56.8 Å². The molecule has 1 aromatic rings. The molecular formula is C19H26N2O3S. The standard InChI is InChI=1S/C19H26N2O3S/c1-13-2-4-17(5-3-13)25(23,24)21-20-18(22)19-7-6-14-8-15(11-19)10-16(9-14)12-19/h2-5,14-16,21H,6-12H2,1H3,(H,20,22). The smallest absolute Gasteiger partial charge is 0.257 e. The average Bonchev–Trinajstić information content (AvgIpc) is 2.78. The Balaban J connectivity index is 1.47. The molecule has 1 amide bonds. The van der Waals surface area contributed by atoms with Gasteiger partial charge in [0.1, 0.15) is 0 Å². The van der Waals surface area contributed by atoms with Crippen molar-refractivity contribution >= 4 is 15.9 Å². The number of benzene rings is 1. The summed E-state index contributed by atoms with van der Waals surface area (Å²) in [6.07, 6.45) is 7.58. The second-order valence-electron chi connectivity index (χ2n) is 8.41. The highest BCUT2D eigenvalue weighted by molar-refractivity contribution is 7.89. The summed E-state index contributed by atoms with van der Waals surface area (Å²) in [6, 6.07) is 6.61. The van der Waals surface area contributed by atoms with Gasteiger partial charge in [-0.1, -0.05) is 17.7 Å². The summed E-state index contributed by atoms with van der Waals surface area (Å²) in [6.45, 7) is 1.90. The molecule has 0 spiro atoms. The summed E-state index contributed by atoms with van der Waals surface area (Å²) < 4.78 is 24.8. The number of amides is 1. The highest BCUT2D eigenvalue weighted by Crippen LogP contribution is 2.57. The van der Waals surface area contributed by atoms with E-state index in [-0.39, 0.29) is 16.2 Å². The van der Waals surface area contributed by atoms with E-state index in [4.69, 9.17) is 0 Å². The van der Waals surface area contributed by atoms with Crippen LogP contribution in [0, 0.1) is 30.1 Å². The fraction of sp³-hybridized carbons (Fsp3) is 0.632. The van der Waals surface area contributed by atoms with Gasteiger partial charge >= 0.3 is 0 Å². The Morgan fingerprint density at radius 3 is 2.28 bits per heavy atom. The van der Waals surface area contributed by atoms with E-state index >= 15 is 0 Å². The molecule has 0 radical (unpaired) electrons. The first kappa shape index (κ1) is 17.0. The molecule has 5 nitrogen and oxygen atoms in total. The number of sulfonamides is 1. The molecule has 4 saturated carbocycles. The van der Waals surface area contributed by atoms with Crippen LogP contribution in [0.15, 0.2) is 29.2 Å². The maximum atomic E-state index is 12.9. The summed E-state index contributed by atoms with van der Waals surface area (Å²) >= 11 is 0. The van der Waals surface area contributed by atoms with Crippen LogP contribution >= 0.6 is 0 Å². The normalized spacial score (nSPS) is 33.9. The van der Waals surface area contributed by atoms with Crippen LogP contribution in [-0.2, 0) is 14.8 Å². The molecule has 2 unspecified atom stereocenters. The minimum Gasteiger partial charge on any atom is -0.277 e. The predicted molar refractivity (Wildman–Crippen MR) is 94.9 cm³/mol. The lowest BCUT2D eigenvalue weighted by molar-refractivity contribution is -0.136. The molecule has 0 heterocycles. The maximum Gasteiger partial charge on any atom is 0.257 e. The van der Waals surface area contributed by atoms with Gasteiger partial charge in [0.15, 0.2) is 0 Å². The Labute approximate surface area is 149 Å². The molecule has 25 heavy (non-hydrogen) atoms. The number of hydrazine groups is 1. The zero-order chi connectivity index (χ0) is 17.7. The monoisotopic (exact) mass is 362 g/mol. The summed E-state index contributed by atoms with van der Waals surface area (Å²) in [5, 5.41) is 0. The van der Waals surface area contributed by atoms with Crippen LogP contribution < -0.4 is 10.3 Å². The number of rotatable bonds is 4. The quantitative estimate of drug-likeness (QED) is 0.809. The van der Waals surface area contributed by atoms with Crippen molar-refractivity contribution in [2.75, 3.05) is 0 Å². The predicted octanol–water partition coefficient (Wildman–Crippen LogP) is 2.91. The van der Waals surface area contributed by atoms with Crippen LogP contribution in [0.4, 0.5) is 0 Å². The van der Waals surface area contributed by atoms with Crippen molar-refractivity contribution in [3.05, 3.63) is 29.8 Å². The van der Waals surface area contributed by atoms with Gasteiger partial charge in [0.05, 0.1) is 10.3 Å². The van der Waals surface area contributed by atoms with E-state index < -0.39 is 10.0 Å². The highest BCUT2D eigenvalue weighted by atomic mass is 32.2. The van der Waals surface area contributed by atoms with Crippen molar-refractivity contribution in [2.24, 2.45) is 23.2 Å². The molecule has 0 aliphatic heterocycles. The number of nitrogens with one attached hydrogen (secondary N) is 2. The Kier molecular flexibility index (Phi) is 4.15. The third kappa shape index (κ3) is 3.22. The minimum absolute atomic E-state index is 0.138. The molecule has 136 valence electrons.